The van der Waals surface area contributed by atoms with Gasteiger partial charge in [-0.15, -0.1) is 11.6 Å². The van der Waals surface area contributed by atoms with Gasteiger partial charge in [-0.05, 0) is 101 Å². The van der Waals surface area contributed by atoms with Crippen molar-refractivity contribution >= 4 is 88.4 Å². The van der Waals surface area contributed by atoms with E-state index in [4.69, 9.17) is 16.3 Å². The molecule has 3 aliphatic carbocycles. The van der Waals surface area contributed by atoms with E-state index in [0.717, 1.165) is 68.6 Å². The molecule has 3 saturated carbocycles. The highest BCUT2D eigenvalue weighted by Crippen LogP contribution is 2.44. The zero-order valence-corrected chi connectivity index (χ0v) is 64.7. The van der Waals surface area contributed by atoms with Crippen molar-refractivity contribution in [3.63, 3.8) is 0 Å². The number of nitrogens with one attached hydrogen (secondary N) is 3. The fourth-order valence-corrected chi connectivity index (χ4v) is 16.2. The third kappa shape index (κ3) is 21.9. The van der Waals surface area contributed by atoms with E-state index in [1.807, 2.05) is 20.8 Å². The van der Waals surface area contributed by atoms with E-state index in [0.29, 0.717) is 32.1 Å². The van der Waals surface area contributed by atoms with Gasteiger partial charge < -0.3 is 69.7 Å². The van der Waals surface area contributed by atoms with Gasteiger partial charge in [-0.25, -0.2) is 8.78 Å². The first-order chi connectivity index (χ1) is 49.1. The van der Waals surface area contributed by atoms with Crippen molar-refractivity contribution in [2.24, 2.45) is 35.5 Å². The number of carbonyl (C=O) groups excluding carboxylic acids is 13. The Labute approximate surface area is 619 Å². The van der Waals surface area contributed by atoms with Gasteiger partial charge in [0, 0.05) is 82.5 Å². The largest absolute Gasteiger partial charge is 0.393 e. The number of halogens is 6. The second kappa shape index (κ2) is 37.7. The number of methoxy groups -OCH3 is 1. The van der Waals surface area contributed by atoms with Gasteiger partial charge in [0.25, 0.3) is 5.92 Å². The Balaban J connectivity index is 1.47. The molecule has 0 bridgehead atoms. The maximum Gasteiger partial charge on any atom is 0.393 e. The molecule has 0 aromatic carbocycles. The fraction of sp³-hybridized carbons (Fsp3) is 0.819. The Morgan fingerprint density at radius 1 is 0.648 bits per heavy atom. The van der Waals surface area contributed by atoms with Crippen LogP contribution in [0, 0.1) is 35.5 Å². The van der Waals surface area contributed by atoms with Crippen molar-refractivity contribution in [1.82, 2.24) is 64.9 Å². The Bertz CT molecular complexity index is 3120. The molecule has 0 aromatic heterocycles. The van der Waals surface area contributed by atoms with Crippen molar-refractivity contribution < 1.29 is 89.0 Å². The highest BCUT2D eigenvalue weighted by Gasteiger charge is 2.52. The smallest absolute Gasteiger partial charge is 0.382 e. The number of fused-ring (bicyclic) bond motifs is 1. The lowest BCUT2D eigenvalue weighted by molar-refractivity contribution is -0.182. The quantitative estimate of drug-likeness (QED) is 0.154. The molecule has 3 aliphatic heterocycles. The Kier molecular flexibility index (Phi) is 31.2. The van der Waals surface area contributed by atoms with Crippen molar-refractivity contribution in [3.05, 3.63) is 0 Å². The molecule has 0 radical (unpaired) electrons. The summed E-state index contributed by atoms with van der Waals surface area (Å²) in [4.78, 5) is 204. The molecule has 594 valence electrons. The van der Waals surface area contributed by atoms with E-state index in [2.05, 4.69) is 16.0 Å². The number of nitrogens with zero attached hydrogens (tertiary/aromatic N) is 10. The van der Waals surface area contributed by atoms with Gasteiger partial charge in [0.05, 0.1) is 45.0 Å². The first-order valence-corrected chi connectivity index (χ1v) is 37.6. The molecule has 6 aliphatic rings. The van der Waals surface area contributed by atoms with Crippen LogP contribution in [0.25, 0.3) is 0 Å². The van der Waals surface area contributed by atoms with Crippen molar-refractivity contribution in [2.45, 2.75) is 241 Å². The lowest BCUT2D eigenvalue weighted by Crippen LogP contribution is -2.65. The summed E-state index contributed by atoms with van der Waals surface area (Å²) in [5.74, 6) is -17.7. The van der Waals surface area contributed by atoms with Crippen molar-refractivity contribution in [1.29, 1.82) is 0 Å². The van der Waals surface area contributed by atoms with Crippen LogP contribution >= 0.6 is 11.6 Å². The lowest BCUT2D eigenvalue weighted by Gasteiger charge is -2.45. The summed E-state index contributed by atoms with van der Waals surface area (Å²) in [7, 11) is 13.2. The molecule has 3 N–H and O–H groups in total. The second-order valence-electron chi connectivity index (χ2n) is 31.1. The van der Waals surface area contributed by atoms with Crippen LogP contribution in [0.5, 0.6) is 0 Å². The highest BCUT2D eigenvalue weighted by molar-refractivity contribution is 6.21. The second-order valence-corrected chi connectivity index (χ2v) is 31.6. The SMILES string of the molecule is CC[C@H](C)[C@@H]1NC(=O)[C@H](CC(C)C)N(C)C(=O)C[C@@H](C(=O)N(C)C)N(C)C(=O)[C@H](C2CCCC2)N(C)C(=O)[C@H](COC)NC(=O)[C@H](CC(=O)N2CC(F)(F)C2)N(C)C(=O)[C@H](CCC2CCC(C(F)(F)F)C(Cl)C2)NC(=O)CN(C)C(=O)[C@H](CC2CCCCC2)N(C)C(=O)[C@@H]2CCN2C(=O)[C@H](C)N(C)C1=O. The molecule has 13 amide bonds. The summed E-state index contributed by atoms with van der Waals surface area (Å²) in [5, 5.41) is 6.76. The van der Waals surface area contributed by atoms with Gasteiger partial charge in [-0.2, -0.15) is 13.2 Å². The Hall–Kier alpha value is -6.99. The molecule has 0 aromatic rings. The molecule has 0 spiro atoms. The molecular weight excluding hydrogens is 1400 g/mol. The van der Waals surface area contributed by atoms with Gasteiger partial charge in [0.15, 0.2) is 0 Å². The summed E-state index contributed by atoms with van der Waals surface area (Å²) in [6.07, 6.45) is -0.109. The van der Waals surface area contributed by atoms with Crippen LogP contribution < -0.4 is 16.0 Å². The molecule has 27 nitrogen and oxygen atoms in total. The van der Waals surface area contributed by atoms with Crippen LogP contribution in [-0.4, -0.2) is 307 Å². The summed E-state index contributed by atoms with van der Waals surface area (Å²) >= 11 is 6.38. The number of hydrogen-bond acceptors (Lipinski definition) is 14. The van der Waals surface area contributed by atoms with Crippen LogP contribution in [-0.2, 0) is 67.1 Å². The number of alkyl halides is 6. The molecule has 3 unspecified atom stereocenters. The van der Waals surface area contributed by atoms with Crippen molar-refractivity contribution in [3.8, 4) is 0 Å². The van der Waals surface area contributed by atoms with Crippen LogP contribution in [0.2, 0.25) is 0 Å². The van der Waals surface area contributed by atoms with E-state index < -0.39 is 217 Å². The number of hydrogen-bond donors (Lipinski definition) is 3. The maximum atomic E-state index is 15.4. The van der Waals surface area contributed by atoms with Gasteiger partial charge >= 0.3 is 6.18 Å². The van der Waals surface area contributed by atoms with E-state index >= 15 is 24.0 Å². The third-order valence-corrected chi connectivity index (χ3v) is 23.3. The predicted molar refractivity (Wildman–Crippen MR) is 378 cm³/mol. The number of ether oxygens (including phenoxy) is 1. The molecule has 14 atom stereocenters. The van der Waals surface area contributed by atoms with E-state index in [-0.39, 0.29) is 69.7 Å². The minimum Gasteiger partial charge on any atom is -0.382 e. The molecule has 3 saturated heterocycles. The molecule has 33 heteroatoms. The lowest BCUT2D eigenvalue weighted by atomic mass is 9.78. The van der Waals surface area contributed by atoms with Crippen LogP contribution in [0.4, 0.5) is 22.0 Å². The number of rotatable bonds is 15. The zero-order valence-electron chi connectivity index (χ0n) is 63.9. The first kappa shape index (κ1) is 86.9. The Morgan fingerprint density at radius 2 is 1.24 bits per heavy atom. The average Bonchev–Trinajstić information content (AvgIpc) is 1.09. The summed E-state index contributed by atoms with van der Waals surface area (Å²) in [6.45, 7) is 5.35. The maximum absolute atomic E-state index is 15.4. The standard InChI is InChI=1S/C72H115ClF5N13O14/c1-16-42(4)59-69(103)84(9)43(5)63(97)91-31-30-51(91)68(102)87(12)54(34-44-22-18-17-19-23-44)67(101)83(8)37-56(92)79-49(29-27-45-26-28-47(48(73)33-45)72(76,77)78)64(98)86(11)53(35-58(94)90-39-71(74,75)40-90)61(95)80-50(38-105-15)65(99)89(14)60(46-24-20-21-25-46)70(104)88(13)55(66(100)82(6)7)36-57(93)85(10)52(32-41(2)3)62(96)81-59/h41-55,59-60H,16-40H2,1-15H3,(H,79,92)(H,80,95)(H,81,96)/t42-,43-,45?,47?,48?,49-,50-,51-,52-,53-,54-,55-,59-,60-/m0/s1. The van der Waals surface area contributed by atoms with E-state index in [1.165, 1.54) is 90.0 Å². The van der Waals surface area contributed by atoms with Gasteiger partial charge in [-0.1, -0.05) is 79.1 Å². The summed E-state index contributed by atoms with van der Waals surface area (Å²) in [5.41, 5.74) is 0. The third-order valence-electron chi connectivity index (χ3n) is 22.8. The van der Waals surface area contributed by atoms with Crippen molar-refractivity contribution in [2.75, 3.05) is 103 Å². The monoisotopic (exact) mass is 1520 g/mol. The zero-order chi connectivity index (χ0) is 78.6. The fourth-order valence-electron chi connectivity index (χ4n) is 15.6. The minimum atomic E-state index is -4.60. The van der Waals surface area contributed by atoms with E-state index in [9.17, 15) is 60.3 Å². The number of amides is 13. The summed E-state index contributed by atoms with van der Waals surface area (Å²) in [6, 6.07) is -14.3. The first-order valence-electron chi connectivity index (χ1n) is 37.2. The molecule has 105 heavy (non-hydrogen) atoms. The highest BCUT2D eigenvalue weighted by atomic mass is 35.5. The average molecular weight is 1520 g/mol. The minimum absolute atomic E-state index is 0.0179. The molecule has 3 heterocycles. The molecule has 6 fully saturated rings. The van der Waals surface area contributed by atoms with Crippen LogP contribution in [0.15, 0.2) is 0 Å². The van der Waals surface area contributed by atoms with Crippen LogP contribution in [0.3, 0.4) is 0 Å². The normalized spacial score (nSPS) is 30.2. The van der Waals surface area contributed by atoms with Gasteiger partial charge in [-0.3, -0.25) is 62.3 Å². The van der Waals surface area contributed by atoms with E-state index in [1.54, 1.807) is 6.92 Å². The van der Waals surface area contributed by atoms with Gasteiger partial charge in [0.1, 0.15) is 60.4 Å². The summed E-state index contributed by atoms with van der Waals surface area (Å²) < 4.78 is 76.5. The number of likely N-dealkylation sites (N-methyl/N-ethyl adjacent to an activating group) is 8. The number of likely N-dealkylation sites (tertiary alicyclic amines) is 1. The molecular formula is C72H115ClF5N13O14. The van der Waals surface area contributed by atoms with Crippen LogP contribution in [0.1, 0.15) is 163 Å². The Morgan fingerprint density at radius 3 is 1.78 bits per heavy atom. The predicted octanol–water partition coefficient (Wildman–Crippen LogP) is 4.11. The molecule has 6 rings (SSSR count). The van der Waals surface area contributed by atoms with Gasteiger partial charge in [0.2, 0.25) is 76.8 Å². The number of carbonyl (C=O) groups is 13. The topological polar surface area (TPSA) is 300 Å².